The molecule has 0 aliphatic heterocycles. The molecular weight excluding hydrogens is 330 g/mol. The smallest absolute Gasteiger partial charge is 0.722 e. The minimum Gasteiger partial charge on any atom is -0.722 e. The minimum absolute atomic E-state index is 0. The molecule has 0 N–H and O–H groups in total. The van der Waals surface area contributed by atoms with E-state index in [9.17, 15) is 11.7 Å². The Kier molecular flexibility index (Phi) is 39.1. The van der Waals surface area contributed by atoms with Crippen molar-refractivity contribution in [2.45, 2.75) is 7.43 Å². The summed E-state index contributed by atoms with van der Waals surface area (Å²) in [7, 11) is -16.2. The van der Waals surface area contributed by atoms with Gasteiger partial charge in [0.05, 0.1) is 0 Å². The van der Waals surface area contributed by atoms with E-state index in [1.165, 1.54) is 0 Å². The van der Waals surface area contributed by atoms with Gasteiger partial charge in [0.15, 0.2) is 0 Å². The molecule has 0 heterocycles. The Bertz CT molecular complexity index is 359. The second kappa shape index (κ2) is 17.4. The molecule has 0 aromatic rings. The molecule has 0 atom stereocenters. The first kappa shape index (κ1) is 42.7. The monoisotopic (exact) mass is 334 g/mol. The fraction of sp³-hybridized carbons (Fsp3) is 1.00. The van der Waals surface area contributed by atoms with Gasteiger partial charge in [-0.25, -0.2) is 25.3 Å². The molecule has 0 amide bonds. The predicted octanol–water partition coefficient (Wildman–Crippen LogP) is -10.1. The third kappa shape index (κ3) is 3360. The zero-order valence-corrected chi connectivity index (χ0v) is 11.5. The molecule has 9 nitrogen and oxygen atoms in total. The van der Waals surface area contributed by atoms with Crippen LogP contribution < -0.4 is 56.6 Å². The van der Waals surface area contributed by atoms with Crippen molar-refractivity contribution in [1.82, 2.24) is 0 Å². The van der Waals surface area contributed by atoms with E-state index in [1.807, 2.05) is 0 Å². The summed E-state index contributed by atoms with van der Waals surface area (Å²) >= 11 is 0. The van der Waals surface area contributed by atoms with Crippen LogP contribution in [-0.4, -0.2) is 38.9 Å². The summed E-state index contributed by atoms with van der Waals surface area (Å²) in [4.78, 5) is 0. The van der Waals surface area contributed by atoms with Crippen LogP contribution in [0.15, 0.2) is 0 Å². The first-order valence-electron chi connectivity index (χ1n) is 1.96. The average molecular weight is 334 g/mol. The van der Waals surface area contributed by atoms with Crippen molar-refractivity contribution in [2.75, 3.05) is 0 Å². The first-order valence-corrected chi connectivity index (χ1v) is 5.89. The van der Waals surface area contributed by atoms with Gasteiger partial charge in [0.1, 0.15) is 0 Å². The van der Waals surface area contributed by atoms with Gasteiger partial charge in [-0.05, 0) is 0 Å². The van der Waals surface area contributed by atoms with Gasteiger partial charge in [0.2, 0.25) is 0 Å². The molecule has 0 aliphatic rings. The molecule has 0 aliphatic carbocycles. The Morgan fingerprint density at radius 1 is 0.526 bits per heavy atom. The minimum atomic E-state index is -5.42. The van der Waals surface area contributed by atoms with Crippen molar-refractivity contribution < 1.29 is 107 Å². The van der Waals surface area contributed by atoms with Crippen LogP contribution in [0.2, 0.25) is 0 Å². The van der Waals surface area contributed by atoms with Crippen molar-refractivity contribution in [3.63, 3.8) is 0 Å². The Morgan fingerprint density at radius 2 is 0.526 bits per heavy atom. The maximum Gasteiger partial charge on any atom is 1.00 e. The van der Waals surface area contributed by atoms with Crippen LogP contribution in [0.25, 0.3) is 0 Å². The summed E-state index contributed by atoms with van der Waals surface area (Å²) in [5.74, 6) is 0. The van der Waals surface area contributed by atoms with Crippen LogP contribution in [0.3, 0.4) is 0 Å². The molecular formula is CH4F3Li3O9S3. The van der Waals surface area contributed by atoms with Gasteiger partial charge in [0.25, 0.3) is 31.5 Å². The third-order valence-electron chi connectivity index (χ3n) is 0. The number of halogens is 3. The van der Waals surface area contributed by atoms with Gasteiger partial charge >= 0.3 is 56.6 Å². The molecule has 0 saturated heterocycles. The number of hydrogen-bond acceptors (Lipinski definition) is 9. The predicted molar refractivity (Wildman–Crippen MR) is 39.1 cm³/mol. The molecule has 18 heteroatoms. The van der Waals surface area contributed by atoms with E-state index in [-0.39, 0.29) is 64.0 Å². The normalized spacial score (nSPS) is 9.16. The van der Waals surface area contributed by atoms with E-state index in [1.54, 1.807) is 0 Å². The number of hydrogen-bond donors (Lipinski definition) is 0. The van der Waals surface area contributed by atoms with E-state index in [4.69, 9.17) is 38.9 Å². The molecule has 0 rings (SSSR count). The molecule has 0 fully saturated rings. The van der Waals surface area contributed by atoms with E-state index >= 15 is 0 Å². The molecule has 0 radical (unpaired) electrons. The summed E-state index contributed by atoms with van der Waals surface area (Å²) in [5.41, 5.74) is 0. The maximum absolute atomic E-state index is 10.1. The Morgan fingerprint density at radius 3 is 0.526 bits per heavy atom. The van der Waals surface area contributed by atoms with Crippen molar-refractivity contribution in [3.05, 3.63) is 0 Å². The molecule has 0 bridgehead atoms. The molecule has 0 aromatic heterocycles. The van der Waals surface area contributed by atoms with Crippen molar-refractivity contribution in [1.29, 1.82) is 0 Å². The Balaban J connectivity index is -0.0000000206. The van der Waals surface area contributed by atoms with Gasteiger partial charge in [-0.15, -0.1) is 11.7 Å². The van der Waals surface area contributed by atoms with Crippen molar-refractivity contribution >= 4 is 31.5 Å². The Labute approximate surface area is 145 Å². The standard InChI is InChI=1S/CH4.3FHO3S.3Li/c;3*1-5(2,3)4;;;/h1H4;3*(H,2,3,4);;;/q;;;;3*+1/p-3. The number of rotatable bonds is 0. The van der Waals surface area contributed by atoms with Gasteiger partial charge in [-0.2, -0.15) is 0 Å². The average Bonchev–Trinajstić information content (AvgIpc) is 1.41. The third-order valence-corrected chi connectivity index (χ3v) is 0. The summed E-state index contributed by atoms with van der Waals surface area (Å²) < 4.78 is 106. The van der Waals surface area contributed by atoms with Crippen LogP contribution in [0.5, 0.6) is 0 Å². The Hall–Kier alpha value is 1.31. The summed E-state index contributed by atoms with van der Waals surface area (Å²) in [6, 6.07) is 0. The van der Waals surface area contributed by atoms with Gasteiger partial charge in [0, 0.05) is 0 Å². The molecule has 0 aromatic carbocycles. The second-order valence-electron chi connectivity index (χ2n) is 1.18. The largest absolute Gasteiger partial charge is 1.00 e. The fourth-order valence-corrected chi connectivity index (χ4v) is 0. The second-order valence-corrected chi connectivity index (χ2v) is 3.54. The zero-order valence-electron chi connectivity index (χ0n) is 9.03. The maximum atomic E-state index is 10.1. The van der Waals surface area contributed by atoms with Crippen LogP contribution in [0, 0.1) is 0 Å². The zero-order chi connectivity index (χ0) is 13.5. The van der Waals surface area contributed by atoms with Gasteiger partial charge < -0.3 is 13.7 Å². The first-order chi connectivity index (χ1) is 6.00. The van der Waals surface area contributed by atoms with Gasteiger partial charge in [-0.3, -0.25) is 0 Å². The van der Waals surface area contributed by atoms with Crippen molar-refractivity contribution in [2.24, 2.45) is 0 Å². The van der Waals surface area contributed by atoms with Gasteiger partial charge in [-0.1, -0.05) is 7.43 Å². The summed E-state index contributed by atoms with van der Waals surface area (Å²) in [6.07, 6.45) is 0. The van der Waals surface area contributed by atoms with Crippen LogP contribution in [-0.2, 0) is 31.5 Å². The SMILES string of the molecule is C.O=S(=O)([O-])F.O=S(=O)([O-])F.O=S(=O)([O-])F.[Li+].[Li+].[Li+]. The van der Waals surface area contributed by atoms with E-state index < -0.39 is 31.5 Å². The molecule has 0 saturated carbocycles. The topological polar surface area (TPSA) is 172 Å². The van der Waals surface area contributed by atoms with E-state index in [2.05, 4.69) is 0 Å². The molecule has 0 spiro atoms. The molecule has 0 unspecified atom stereocenters. The quantitative estimate of drug-likeness (QED) is 0.237. The summed E-state index contributed by atoms with van der Waals surface area (Å²) in [6.45, 7) is 0. The van der Waals surface area contributed by atoms with Crippen LogP contribution in [0.1, 0.15) is 7.43 Å². The summed E-state index contributed by atoms with van der Waals surface area (Å²) in [5, 5.41) is 0. The molecule has 19 heavy (non-hydrogen) atoms. The molecule has 104 valence electrons. The van der Waals surface area contributed by atoms with E-state index in [0.29, 0.717) is 0 Å². The van der Waals surface area contributed by atoms with E-state index in [0.717, 1.165) is 0 Å². The van der Waals surface area contributed by atoms with Crippen LogP contribution >= 0.6 is 0 Å². The van der Waals surface area contributed by atoms with Crippen molar-refractivity contribution in [3.8, 4) is 0 Å². The van der Waals surface area contributed by atoms with Crippen LogP contribution in [0.4, 0.5) is 11.7 Å². The fourth-order valence-electron chi connectivity index (χ4n) is 0.